The van der Waals surface area contributed by atoms with Gasteiger partial charge in [0.25, 0.3) is 11.8 Å². The van der Waals surface area contributed by atoms with E-state index in [9.17, 15) is 27.6 Å². The van der Waals surface area contributed by atoms with Crippen molar-refractivity contribution in [2.45, 2.75) is 25.6 Å². The second kappa shape index (κ2) is 8.33. The number of hydrogen-bond acceptors (Lipinski definition) is 6. The number of nitrogens with two attached hydrogens (primary N) is 1. The highest BCUT2D eigenvalue weighted by molar-refractivity contribution is 7.12. The number of aryl methyl sites for hydroxylation is 2. The van der Waals surface area contributed by atoms with Gasteiger partial charge in [0.15, 0.2) is 5.54 Å². The van der Waals surface area contributed by atoms with Crippen molar-refractivity contribution < 1.29 is 27.6 Å². The summed E-state index contributed by atoms with van der Waals surface area (Å²) in [6.45, 7) is 3.01. The lowest BCUT2D eigenvalue weighted by atomic mass is 9.92. The lowest BCUT2D eigenvalue weighted by Gasteiger charge is -2.32. The van der Waals surface area contributed by atoms with Gasteiger partial charge in [-0.3, -0.25) is 14.9 Å². The Hall–Kier alpha value is -3.57. The maximum atomic E-state index is 13.8. The lowest BCUT2D eigenvalue weighted by molar-refractivity contribution is -0.137. The zero-order valence-electron chi connectivity index (χ0n) is 18.1. The third-order valence-corrected chi connectivity index (χ3v) is 6.86. The van der Waals surface area contributed by atoms with Crippen LogP contribution in [-0.4, -0.2) is 34.3 Å². The molecule has 0 radical (unpaired) electrons. The van der Waals surface area contributed by atoms with Crippen molar-refractivity contribution in [1.29, 1.82) is 0 Å². The molecule has 7 nitrogen and oxygen atoms in total. The third-order valence-electron chi connectivity index (χ3n) is 5.64. The molecule has 0 saturated carbocycles. The highest BCUT2D eigenvalue weighted by atomic mass is 32.1. The van der Waals surface area contributed by atoms with Crippen molar-refractivity contribution in [3.8, 4) is 11.1 Å². The molecule has 2 heterocycles. The normalized spacial score (nSPS) is 18.4. The minimum absolute atomic E-state index is 0.0313. The Bertz CT molecular complexity index is 1300. The van der Waals surface area contributed by atoms with E-state index in [0.717, 1.165) is 28.4 Å². The summed E-state index contributed by atoms with van der Waals surface area (Å²) in [6, 6.07) is 9.55. The first kappa shape index (κ1) is 23.6. The van der Waals surface area contributed by atoms with Crippen molar-refractivity contribution in [3.63, 3.8) is 0 Å². The standard InChI is InChI=1S/C23H19F3N4O3S/c1-12-18(34-13(2)28-12)22(11-27)20(32)29-21(33)30(22)19(31)17-6-4-3-5-16(17)14-7-9-15(10-8-14)23(24,25)26/h3-10H,11,27H2,1-2H3,(H,29,32,33). The molecule has 176 valence electrons. The van der Waals surface area contributed by atoms with Crippen molar-refractivity contribution in [2.24, 2.45) is 5.73 Å². The minimum Gasteiger partial charge on any atom is -0.327 e. The molecule has 4 amide bonds. The van der Waals surface area contributed by atoms with E-state index in [2.05, 4.69) is 10.3 Å². The van der Waals surface area contributed by atoms with Crippen LogP contribution in [0.1, 0.15) is 31.5 Å². The summed E-state index contributed by atoms with van der Waals surface area (Å²) in [4.78, 5) is 45.1. The van der Waals surface area contributed by atoms with Crippen LogP contribution in [0.4, 0.5) is 18.0 Å². The molecule has 0 aliphatic carbocycles. The van der Waals surface area contributed by atoms with Gasteiger partial charge in [-0.25, -0.2) is 14.7 Å². The molecule has 1 aliphatic heterocycles. The van der Waals surface area contributed by atoms with Crippen LogP contribution >= 0.6 is 11.3 Å². The first-order valence-corrected chi connectivity index (χ1v) is 10.9. The highest BCUT2D eigenvalue weighted by Gasteiger charge is 2.58. The van der Waals surface area contributed by atoms with E-state index in [4.69, 9.17) is 5.73 Å². The Kier molecular flexibility index (Phi) is 5.78. The van der Waals surface area contributed by atoms with E-state index in [0.29, 0.717) is 26.7 Å². The van der Waals surface area contributed by atoms with Crippen LogP contribution in [0.2, 0.25) is 0 Å². The van der Waals surface area contributed by atoms with E-state index in [-0.39, 0.29) is 12.1 Å². The molecule has 1 atom stereocenters. The number of nitrogens with zero attached hydrogens (tertiary/aromatic N) is 2. The molecule has 1 aromatic heterocycles. The van der Waals surface area contributed by atoms with Gasteiger partial charge in [0, 0.05) is 12.1 Å². The van der Waals surface area contributed by atoms with Gasteiger partial charge < -0.3 is 5.73 Å². The van der Waals surface area contributed by atoms with E-state index >= 15 is 0 Å². The number of urea groups is 1. The minimum atomic E-state index is -4.51. The number of carbonyl (C=O) groups is 3. The molecule has 34 heavy (non-hydrogen) atoms. The lowest BCUT2D eigenvalue weighted by Crippen LogP contribution is -2.54. The van der Waals surface area contributed by atoms with Crippen molar-refractivity contribution >= 4 is 29.2 Å². The summed E-state index contributed by atoms with van der Waals surface area (Å²) in [5, 5.41) is 2.81. The van der Waals surface area contributed by atoms with Crippen LogP contribution in [-0.2, 0) is 16.5 Å². The van der Waals surface area contributed by atoms with Gasteiger partial charge >= 0.3 is 12.2 Å². The second-order valence-corrected chi connectivity index (χ2v) is 8.94. The molecule has 0 bridgehead atoms. The number of halogens is 3. The van der Waals surface area contributed by atoms with Crippen LogP contribution in [0.5, 0.6) is 0 Å². The Balaban J connectivity index is 1.83. The predicted molar refractivity (Wildman–Crippen MR) is 119 cm³/mol. The summed E-state index contributed by atoms with van der Waals surface area (Å²) in [5.74, 6) is -1.55. The quantitative estimate of drug-likeness (QED) is 0.541. The number of alkyl halides is 3. The van der Waals surface area contributed by atoms with Gasteiger partial charge in [0.2, 0.25) is 0 Å². The zero-order chi connectivity index (χ0) is 24.8. The van der Waals surface area contributed by atoms with Gasteiger partial charge in [-0.1, -0.05) is 30.3 Å². The van der Waals surface area contributed by atoms with Gasteiger partial charge in [-0.15, -0.1) is 11.3 Å². The number of rotatable bonds is 4. The summed E-state index contributed by atoms with van der Waals surface area (Å²) in [5.41, 5.74) is 4.52. The van der Waals surface area contributed by atoms with Gasteiger partial charge in [0.05, 0.1) is 21.1 Å². The number of thiazole rings is 1. The molecule has 1 aliphatic rings. The Morgan fingerprint density at radius 3 is 2.32 bits per heavy atom. The van der Waals surface area contributed by atoms with Gasteiger partial charge in [-0.05, 0) is 43.2 Å². The molecule has 1 fully saturated rings. The molecule has 1 unspecified atom stereocenters. The molecular weight excluding hydrogens is 469 g/mol. The maximum Gasteiger partial charge on any atom is 0.416 e. The number of amides is 4. The summed E-state index contributed by atoms with van der Waals surface area (Å²) in [6.07, 6.45) is -4.51. The predicted octanol–water partition coefficient (Wildman–Crippen LogP) is 3.99. The summed E-state index contributed by atoms with van der Waals surface area (Å²) < 4.78 is 38.9. The Morgan fingerprint density at radius 2 is 1.76 bits per heavy atom. The first-order chi connectivity index (χ1) is 16.0. The van der Waals surface area contributed by atoms with Gasteiger partial charge in [0.1, 0.15) is 0 Å². The number of hydrogen-bond donors (Lipinski definition) is 2. The topological polar surface area (TPSA) is 105 Å². The van der Waals surface area contributed by atoms with Crippen LogP contribution in [0.3, 0.4) is 0 Å². The van der Waals surface area contributed by atoms with Crippen molar-refractivity contribution in [1.82, 2.24) is 15.2 Å². The monoisotopic (exact) mass is 488 g/mol. The number of imide groups is 2. The Morgan fingerprint density at radius 1 is 1.12 bits per heavy atom. The molecule has 4 rings (SSSR count). The third kappa shape index (κ3) is 3.66. The Labute approximate surface area is 196 Å². The fourth-order valence-corrected chi connectivity index (χ4v) is 5.18. The average molecular weight is 488 g/mol. The summed E-state index contributed by atoms with van der Waals surface area (Å²) >= 11 is 1.16. The average Bonchev–Trinajstić information content (AvgIpc) is 3.27. The largest absolute Gasteiger partial charge is 0.416 e. The van der Waals surface area contributed by atoms with E-state index in [1.54, 1.807) is 32.0 Å². The zero-order valence-corrected chi connectivity index (χ0v) is 18.9. The molecule has 3 N–H and O–H groups in total. The van der Waals surface area contributed by atoms with Crippen molar-refractivity contribution in [3.05, 3.63) is 75.2 Å². The van der Waals surface area contributed by atoms with Crippen LogP contribution in [0.15, 0.2) is 48.5 Å². The molecule has 11 heteroatoms. The maximum absolute atomic E-state index is 13.8. The fourth-order valence-electron chi connectivity index (χ4n) is 4.07. The van der Waals surface area contributed by atoms with E-state index < -0.39 is 35.1 Å². The highest BCUT2D eigenvalue weighted by Crippen LogP contribution is 2.40. The van der Waals surface area contributed by atoms with E-state index in [1.807, 2.05) is 0 Å². The number of benzene rings is 2. The molecule has 0 spiro atoms. The summed E-state index contributed by atoms with van der Waals surface area (Å²) in [7, 11) is 0. The van der Waals surface area contributed by atoms with E-state index in [1.165, 1.54) is 18.2 Å². The molecule has 3 aromatic rings. The number of nitrogens with one attached hydrogen (secondary N) is 1. The fraction of sp³-hybridized carbons (Fsp3) is 0.217. The second-order valence-electron chi connectivity index (χ2n) is 7.73. The van der Waals surface area contributed by atoms with Crippen LogP contribution < -0.4 is 11.1 Å². The molecular formula is C23H19F3N4O3S. The van der Waals surface area contributed by atoms with Gasteiger partial charge in [-0.2, -0.15) is 13.2 Å². The SMILES string of the molecule is Cc1nc(C)c(C2(CN)C(=O)NC(=O)N2C(=O)c2ccccc2-c2ccc(C(F)(F)F)cc2)s1. The smallest absolute Gasteiger partial charge is 0.327 e. The van der Waals surface area contributed by atoms with Crippen LogP contribution in [0, 0.1) is 13.8 Å². The molecule has 2 aromatic carbocycles. The first-order valence-electron chi connectivity index (χ1n) is 10.1. The molecule has 1 saturated heterocycles. The van der Waals surface area contributed by atoms with Crippen LogP contribution in [0.25, 0.3) is 11.1 Å². The number of carbonyl (C=O) groups excluding carboxylic acids is 3. The number of aromatic nitrogens is 1. The van der Waals surface area contributed by atoms with Crippen molar-refractivity contribution in [2.75, 3.05) is 6.54 Å².